The number of carbonyl (C=O) groups excluding carboxylic acids is 1. The summed E-state index contributed by atoms with van der Waals surface area (Å²) in [6.45, 7) is 10.9. The molecular formula is C17H26N4O3Si. The van der Waals surface area contributed by atoms with E-state index >= 15 is 0 Å². The first kappa shape index (κ1) is 18.0. The van der Waals surface area contributed by atoms with E-state index in [0.717, 1.165) is 17.5 Å². The molecule has 8 heteroatoms. The van der Waals surface area contributed by atoms with E-state index in [0.29, 0.717) is 12.2 Å². The lowest BCUT2D eigenvalue weighted by Crippen LogP contribution is -2.46. The number of hydrogen-bond acceptors (Lipinski definition) is 6. The van der Waals surface area contributed by atoms with Gasteiger partial charge in [-0.25, -0.2) is 9.50 Å². The maximum atomic E-state index is 11.5. The molecule has 1 unspecified atom stereocenters. The lowest BCUT2D eigenvalue weighted by atomic mass is 10.1. The van der Waals surface area contributed by atoms with Gasteiger partial charge < -0.3 is 19.7 Å². The van der Waals surface area contributed by atoms with Crippen LogP contribution in [-0.2, 0) is 14.0 Å². The molecule has 3 atom stereocenters. The molecule has 0 spiro atoms. The Morgan fingerprint density at radius 2 is 2.12 bits per heavy atom. The minimum absolute atomic E-state index is 0.0714. The molecule has 0 bridgehead atoms. The Bertz CT molecular complexity index is 784. The second-order valence-corrected chi connectivity index (χ2v) is 12.8. The highest BCUT2D eigenvalue weighted by Gasteiger charge is 2.45. The maximum absolute atomic E-state index is 11.5. The lowest BCUT2D eigenvalue weighted by Gasteiger charge is -2.38. The third kappa shape index (κ3) is 3.21. The zero-order valence-electron chi connectivity index (χ0n) is 15.4. The van der Waals surface area contributed by atoms with Crippen LogP contribution < -0.4 is 5.73 Å². The third-order valence-corrected chi connectivity index (χ3v) is 9.87. The van der Waals surface area contributed by atoms with Crippen LogP contribution in [0.1, 0.15) is 39.0 Å². The number of aldehydes is 1. The second kappa shape index (κ2) is 6.19. The summed E-state index contributed by atoms with van der Waals surface area (Å²) in [6.07, 6.45) is 1.81. The summed E-state index contributed by atoms with van der Waals surface area (Å²) in [5.41, 5.74) is 7.48. The number of nitrogen functional groups attached to an aromatic ring is 1. The van der Waals surface area contributed by atoms with Gasteiger partial charge in [-0.2, -0.15) is 5.10 Å². The topological polar surface area (TPSA) is 91.7 Å². The van der Waals surface area contributed by atoms with E-state index in [1.165, 1.54) is 6.33 Å². The van der Waals surface area contributed by atoms with Gasteiger partial charge in [-0.3, -0.25) is 0 Å². The first-order valence-electron chi connectivity index (χ1n) is 8.51. The first-order valence-corrected chi connectivity index (χ1v) is 11.4. The monoisotopic (exact) mass is 362 g/mol. The summed E-state index contributed by atoms with van der Waals surface area (Å²) in [4.78, 5) is 15.5. The molecule has 2 aromatic heterocycles. The number of fused-ring (bicyclic) bond motifs is 1. The largest absolute Gasteiger partial charge is 0.411 e. The van der Waals surface area contributed by atoms with Crippen LogP contribution in [0.3, 0.4) is 0 Å². The van der Waals surface area contributed by atoms with Crippen molar-refractivity contribution in [2.24, 2.45) is 0 Å². The number of carbonyl (C=O) groups is 1. The fraction of sp³-hybridized carbons (Fsp3) is 0.588. The fourth-order valence-corrected chi connectivity index (χ4v) is 4.22. The van der Waals surface area contributed by atoms with Crippen LogP contribution in [0.25, 0.3) is 5.52 Å². The molecule has 1 saturated heterocycles. The molecule has 7 nitrogen and oxygen atoms in total. The minimum atomic E-state index is -2.00. The van der Waals surface area contributed by atoms with Crippen LogP contribution in [0.5, 0.6) is 0 Å². The SMILES string of the molecule is CC(C)(C)[Si](C)(C)O[C@H]1CC(c2ccc3c(N)ncnn23)O[C@@H]1C=O. The highest BCUT2D eigenvalue weighted by Crippen LogP contribution is 2.42. The lowest BCUT2D eigenvalue weighted by molar-refractivity contribution is -0.120. The number of ether oxygens (including phenoxy) is 1. The fourth-order valence-electron chi connectivity index (χ4n) is 2.88. The van der Waals surface area contributed by atoms with E-state index in [1.54, 1.807) is 4.52 Å². The van der Waals surface area contributed by atoms with Gasteiger partial charge in [-0.15, -0.1) is 0 Å². The smallest absolute Gasteiger partial charge is 0.192 e. The molecule has 25 heavy (non-hydrogen) atoms. The molecule has 0 radical (unpaired) electrons. The average molecular weight is 363 g/mol. The summed E-state index contributed by atoms with van der Waals surface area (Å²) in [5.74, 6) is 0.417. The zero-order chi connectivity index (χ0) is 18.4. The predicted octanol–water partition coefficient (Wildman–Crippen LogP) is 2.73. The summed E-state index contributed by atoms with van der Waals surface area (Å²) in [7, 11) is -2.00. The van der Waals surface area contributed by atoms with E-state index < -0.39 is 14.4 Å². The van der Waals surface area contributed by atoms with Crippen LogP contribution in [0, 0.1) is 0 Å². The van der Waals surface area contributed by atoms with E-state index in [2.05, 4.69) is 43.9 Å². The summed E-state index contributed by atoms with van der Waals surface area (Å²) in [5, 5.41) is 4.33. The van der Waals surface area contributed by atoms with E-state index in [1.807, 2.05) is 12.1 Å². The van der Waals surface area contributed by atoms with Gasteiger partial charge in [-0.05, 0) is 30.3 Å². The molecule has 0 amide bonds. The van der Waals surface area contributed by atoms with Crippen molar-refractivity contribution in [3.63, 3.8) is 0 Å². The van der Waals surface area contributed by atoms with Crippen molar-refractivity contribution < 1.29 is 14.0 Å². The Kier molecular flexibility index (Phi) is 4.46. The Labute approximate surface area is 148 Å². The van der Waals surface area contributed by atoms with Crippen molar-refractivity contribution in [1.82, 2.24) is 14.6 Å². The number of nitrogens with zero attached hydrogens (tertiary/aromatic N) is 3. The third-order valence-electron chi connectivity index (χ3n) is 5.36. The molecule has 2 N–H and O–H groups in total. The molecule has 1 fully saturated rings. The van der Waals surface area contributed by atoms with Gasteiger partial charge in [0.1, 0.15) is 24.1 Å². The van der Waals surface area contributed by atoms with E-state index in [9.17, 15) is 4.79 Å². The van der Waals surface area contributed by atoms with Crippen LogP contribution in [0.4, 0.5) is 5.82 Å². The van der Waals surface area contributed by atoms with Crippen LogP contribution in [-0.4, -0.2) is 41.4 Å². The summed E-state index contributed by atoms with van der Waals surface area (Å²) < 4.78 is 14.2. The normalized spacial score (nSPS) is 24.8. The average Bonchev–Trinajstić information content (AvgIpc) is 3.10. The van der Waals surface area contributed by atoms with Crippen molar-refractivity contribution >= 4 is 25.9 Å². The molecule has 0 aliphatic carbocycles. The van der Waals surface area contributed by atoms with E-state index in [-0.39, 0.29) is 17.2 Å². The number of anilines is 1. The molecule has 1 aliphatic heterocycles. The molecule has 136 valence electrons. The highest BCUT2D eigenvalue weighted by atomic mass is 28.4. The highest BCUT2D eigenvalue weighted by molar-refractivity contribution is 6.74. The predicted molar refractivity (Wildman–Crippen MR) is 97.8 cm³/mol. The van der Waals surface area contributed by atoms with Crippen molar-refractivity contribution in [2.45, 2.75) is 63.6 Å². The maximum Gasteiger partial charge on any atom is 0.192 e. The van der Waals surface area contributed by atoms with Crippen LogP contribution >= 0.6 is 0 Å². The minimum Gasteiger partial charge on any atom is -0.411 e. The first-order chi connectivity index (χ1) is 11.6. The van der Waals surface area contributed by atoms with Gasteiger partial charge in [0.2, 0.25) is 0 Å². The number of rotatable bonds is 4. The Morgan fingerprint density at radius 1 is 1.40 bits per heavy atom. The molecule has 0 aromatic carbocycles. The van der Waals surface area contributed by atoms with Crippen LogP contribution in [0.2, 0.25) is 18.1 Å². The summed E-state index contributed by atoms with van der Waals surface area (Å²) in [6, 6.07) is 3.79. The second-order valence-electron chi connectivity index (χ2n) is 8.08. The van der Waals surface area contributed by atoms with Gasteiger partial charge in [0.05, 0.1) is 11.8 Å². The van der Waals surface area contributed by atoms with Gasteiger partial charge in [-0.1, -0.05) is 20.8 Å². The van der Waals surface area contributed by atoms with Crippen molar-refractivity contribution in [3.8, 4) is 0 Å². The number of aromatic nitrogens is 3. The Morgan fingerprint density at radius 3 is 2.76 bits per heavy atom. The number of hydrogen-bond donors (Lipinski definition) is 1. The number of nitrogens with two attached hydrogens (primary N) is 1. The van der Waals surface area contributed by atoms with Crippen molar-refractivity contribution in [1.29, 1.82) is 0 Å². The molecule has 1 aliphatic rings. The molecule has 0 saturated carbocycles. The van der Waals surface area contributed by atoms with Gasteiger partial charge in [0.15, 0.2) is 20.4 Å². The van der Waals surface area contributed by atoms with Gasteiger partial charge in [0, 0.05) is 6.42 Å². The van der Waals surface area contributed by atoms with Gasteiger partial charge in [0.25, 0.3) is 0 Å². The molecule has 3 heterocycles. The molecule has 3 rings (SSSR count). The standard InChI is InChI=1S/C17H26N4O3Si/c1-17(2,3)25(4,5)24-14-8-13(23-15(14)9-22)11-6-7-12-16(18)19-10-20-21(11)12/h6-7,9-10,13-15H,8H2,1-5H3,(H2,18,19,20)/t13?,14-,15+/m0/s1. The summed E-state index contributed by atoms with van der Waals surface area (Å²) >= 11 is 0. The molecular weight excluding hydrogens is 336 g/mol. The van der Waals surface area contributed by atoms with E-state index in [4.69, 9.17) is 14.9 Å². The van der Waals surface area contributed by atoms with Crippen molar-refractivity contribution in [3.05, 3.63) is 24.2 Å². The Balaban J connectivity index is 1.86. The zero-order valence-corrected chi connectivity index (χ0v) is 16.4. The molecule has 2 aromatic rings. The van der Waals surface area contributed by atoms with Gasteiger partial charge >= 0.3 is 0 Å². The van der Waals surface area contributed by atoms with Crippen molar-refractivity contribution in [2.75, 3.05) is 5.73 Å². The Hall–Kier alpha value is -1.77. The van der Waals surface area contributed by atoms with Crippen LogP contribution in [0.15, 0.2) is 18.5 Å². The quantitative estimate of drug-likeness (QED) is 0.664.